The lowest BCUT2D eigenvalue weighted by molar-refractivity contribution is 0.0656. The fourth-order valence-corrected chi connectivity index (χ4v) is 2.62. The summed E-state index contributed by atoms with van der Waals surface area (Å²) in [6, 6.07) is 15.4. The fourth-order valence-electron chi connectivity index (χ4n) is 2.62. The molecule has 0 aromatic heterocycles. The Morgan fingerprint density at radius 2 is 1.79 bits per heavy atom. The molecule has 102 valence electrons. The van der Waals surface area contributed by atoms with E-state index in [0.29, 0.717) is 0 Å². The maximum atomic E-state index is 5.62. The summed E-state index contributed by atoms with van der Waals surface area (Å²) in [5, 5.41) is 6.11. The third kappa shape index (κ3) is 3.14. The molecule has 0 spiro atoms. The van der Waals surface area contributed by atoms with E-state index in [1.54, 1.807) is 7.11 Å². The molecule has 19 heavy (non-hydrogen) atoms. The van der Waals surface area contributed by atoms with Crippen LogP contribution < -0.4 is 5.32 Å². The molecule has 0 radical (unpaired) electrons. The summed E-state index contributed by atoms with van der Waals surface area (Å²) >= 11 is 0. The highest BCUT2D eigenvalue weighted by Gasteiger charge is 2.20. The first kappa shape index (κ1) is 14.0. The summed E-state index contributed by atoms with van der Waals surface area (Å²) in [6.07, 6.45) is 1.21. The van der Waals surface area contributed by atoms with Gasteiger partial charge in [-0.2, -0.15) is 0 Å². The summed E-state index contributed by atoms with van der Waals surface area (Å²) < 4.78 is 5.62. The molecule has 0 aliphatic rings. The highest BCUT2D eigenvalue weighted by molar-refractivity contribution is 5.83. The van der Waals surface area contributed by atoms with Crippen molar-refractivity contribution in [2.75, 3.05) is 13.7 Å². The summed E-state index contributed by atoms with van der Waals surface area (Å²) in [5.41, 5.74) is 1.30. The number of rotatable bonds is 6. The molecule has 2 nitrogen and oxygen atoms in total. The average molecular weight is 257 g/mol. The van der Waals surface area contributed by atoms with Gasteiger partial charge in [-0.05, 0) is 35.4 Å². The van der Waals surface area contributed by atoms with Crippen LogP contribution in [0.2, 0.25) is 0 Å². The molecule has 0 fully saturated rings. The van der Waals surface area contributed by atoms with Gasteiger partial charge < -0.3 is 10.1 Å². The number of hydrogen-bond acceptors (Lipinski definition) is 2. The largest absolute Gasteiger partial charge is 0.379 e. The maximum absolute atomic E-state index is 5.62. The Labute approximate surface area is 115 Å². The van der Waals surface area contributed by atoms with Crippen molar-refractivity contribution in [2.24, 2.45) is 0 Å². The number of methoxy groups -OCH3 is 1. The zero-order valence-electron chi connectivity index (χ0n) is 12.0. The third-order valence-electron chi connectivity index (χ3n) is 3.63. The maximum Gasteiger partial charge on any atom is 0.0763 e. The van der Waals surface area contributed by atoms with E-state index < -0.39 is 0 Å². The Hall–Kier alpha value is -1.38. The lowest BCUT2D eigenvalue weighted by Crippen LogP contribution is -2.32. The Kier molecular flexibility index (Phi) is 4.94. The molecule has 0 heterocycles. The number of fused-ring (bicyclic) bond motifs is 1. The molecule has 0 aliphatic heterocycles. The smallest absolute Gasteiger partial charge is 0.0763 e. The van der Waals surface area contributed by atoms with Crippen LogP contribution in [0.4, 0.5) is 0 Å². The summed E-state index contributed by atoms with van der Waals surface area (Å²) in [4.78, 5) is 0. The van der Waals surface area contributed by atoms with Crippen molar-refractivity contribution < 1.29 is 4.74 Å². The number of likely N-dealkylation sites (N-methyl/N-ethyl adjacent to an activating group) is 1. The monoisotopic (exact) mass is 257 g/mol. The molecule has 0 aliphatic carbocycles. The van der Waals surface area contributed by atoms with Gasteiger partial charge in [-0.25, -0.2) is 0 Å². The molecule has 2 aromatic carbocycles. The van der Waals surface area contributed by atoms with Crippen LogP contribution in [-0.4, -0.2) is 19.8 Å². The molecule has 0 saturated heterocycles. The van der Waals surface area contributed by atoms with Gasteiger partial charge in [-0.15, -0.1) is 0 Å². The lowest BCUT2D eigenvalue weighted by atomic mass is 9.96. The van der Waals surface area contributed by atoms with Crippen LogP contribution in [0.5, 0.6) is 0 Å². The highest BCUT2D eigenvalue weighted by atomic mass is 16.5. The van der Waals surface area contributed by atoms with Crippen molar-refractivity contribution in [2.45, 2.75) is 32.4 Å². The number of nitrogens with one attached hydrogen (secondary N) is 1. The Morgan fingerprint density at radius 3 is 2.42 bits per heavy atom. The Balaban J connectivity index is 2.37. The first-order chi connectivity index (χ1) is 9.30. The van der Waals surface area contributed by atoms with E-state index >= 15 is 0 Å². The van der Waals surface area contributed by atoms with Crippen LogP contribution in [0.15, 0.2) is 42.5 Å². The first-order valence-corrected chi connectivity index (χ1v) is 7.05. The molecule has 0 bridgehead atoms. The highest BCUT2D eigenvalue weighted by Crippen LogP contribution is 2.25. The second-order valence-corrected chi connectivity index (χ2v) is 4.82. The molecule has 2 aromatic rings. The van der Waals surface area contributed by atoms with E-state index in [4.69, 9.17) is 4.74 Å². The fraction of sp³-hybridized carbons (Fsp3) is 0.412. The van der Waals surface area contributed by atoms with Gasteiger partial charge in [-0.3, -0.25) is 0 Å². The lowest BCUT2D eigenvalue weighted by Gasteiger charge is -2.26. The Morgan fingerprint density at radius 1 is 1.05 bits per heavy atom. The van der Waals surface area contributed by atoms with E-state index in [2.05, 4.69) is 61.6 Å². The molecule has 2 atom stereocenters. The van der Waals surface area contributed by atoms with Crippen molar-refractivity contribution in [3.63, 3.8) is 0 Å². The summed E-state index contributed by atoms with van der Waals surface area (Å²) in [7, 11) is 1.79. The van der Waals surface area contributed by atoms with Crippen molar-refractivity contribution in [3.8, 4) is 0 Å². The molecule has 0 amide bonds. The van der Waals surface area contributed by atoms with Gasteiger partial charge in [0.15, 0.2) is 0 Å². The van der Waals surface area contributed by atoms with E-state index in [1.807, 2.05) is 0 Å². The zero-order valence-corrected chi connectivity index (χ0v) is 12.0. The molecule has 2 unspecified atom stereocenters. The minimum atomic E-state index is 0.209. The Bertz CT molecular complexity index is 519. The molecule has 0 saturated carbocycles. The number of benzene rings is 2. The first-order valence-electron chi connectivity index (χ1n) is 7.05. The van der Waals surface area contributed by atoms with Crippen LogP contribution >= 0.6 is 0 Å². The van der Waals surface area contributed by atoms with Crippen molar-refractivity contribution in [1.82, 2.24) is 5.32 Å². The van der Waals surface area contributed by atoms with Crippen LogP contribution in [0.25, 0.3) is 10.8 Å². The van der Waals surface area contributed by atoms with Gasteiger partial charge in [0, 0.05) is 7.11 Å². The average Bonchev–Trinajstić information content (AvgIpc) is 2.47. The SMILES string of the molecule is CCNC(c1ccc2ccccc2c1)C(CC)OC. The quantitative estimate of drug-likeness (QED) is 0.847. The standard InChI is InChI=1S/C17H23NO/c1-4-16(19-3)17(18-5-2)15-11-10-13-8-6-7-9-14(13)12-15/h6-12,16-18H,4-5H2,1-3H3. The van der Waals surface area contributed by atoms with Crippen molar-refractivity contribution >= 4 is 10.8 Å². The van der Waals surface area contributed by atoms with Crippen LogP contribution in [0, 0.1) is 0 Å². The van der Waals surface area contributed by atoms with E-state index in [0.717, 1.165) is 13.0 Å². The van der Waals surface area contributed by atoms with E-state index in [-0.39, 0.29) is 12.1 Å². The second kappa shape index (κ2) is 6.69. The van der Waals surface area contributed by atoms with Gasteiger partial charge in [0.1, 0.15) is 0 Å². The predicted molar refractivity (Wildman–Crippen MR) is 81.5 cm³/mol. The van der Waals surface area contributed by atoms with Gasteiger partial charge in [0.05, 0.1) is 12.1 Å². The van der Waals surface area contributed by atoms with E-state index in [9.17, 15) is 0 Å². The minimum Gasteiger partial charge on any atom is -0.379 e. The van der Waals surface area contributed by atoms with Gasteiger partial charge >= 0.3 is 0 Å². The molecular formula is C17H23NO. The normalized spacial score (nSPS) is 14.5. The molecule has 2 heteroatoms. The molecule has 1 N–H and O–H groups in total. The molecular weight excluding hydrogens is 234 g/mol. The van der Waals surface area contributed by atoms with Gasteiger partial charge in [0.2, 0.25) is 0 Å². The van der Waals surface area contributed by atoms with Crippen molar-refractivity contribution in [1.29, 1.82) is 0 Å². The topological polar surface area (TPSA) is 21.3 Å². The van der Waals surface area contributed by atoms with Crippen LogP contribution in [0.1, 0.15) is 31.9 Å². The van der Waals surface area contributed by atoms with Gasteiger partial charge in [-0.1, -0.05) is 50.2 Å². The number of hydrogen-bond donors (Lipinski definition) is 1. The minimum absolute atomic E-state index is 0.209. The molecule has 2 rings (SSSR count). The van der Waals surface area contributed by atoms with Gasteiger partial charge in [0.25, 0.3) is 0 Å². The summed E-state index contributed by atoms with van der Waals surface area (Å²) in [5.74, 6) is 0. The predicted octanol–water partition coefficient (Wildman–Crippen LogP) is 3.92. The van der Waals surface area contributed by atoms with Crippen LogP contribution in [0.3, 0.4) is 0 Å². The second-order valence-electron chi connectivity index (χ2n) is 4.82. The number of ether oxygens (including phenoxy) is 1. The van der Waals surface area contributed by atoms with Crippen LogP contribution in [-0.2, 0) is 4.74 Å². The summed E-state index contributed by atoms with van der Waals surface area (Å²) in [6.45, 7) is 5.24. The van der Waals surface area contributed by atoms with Crippen molar-refractivity contribution in [3.05, 3.63) is 48.0 Å². The van der Waals surface area contributed by atoms with E-state index in [1.165, 1.54) is 16.3 Å². The third-order valence-corrected chi connectivity index (χ3v) is 3.63. The zero-order chi connectivity index (χ0) is 13.7.